The van der Waals surface area contributed by atoms with Gasteiger partial charge in [0.05, 0.1) is 12.6 Å². The highest BCUT2D eigenvalue weighted by Gasteiger charge is 2.27. The molecule has 0 unspecified atom stereocenters. The summed E-state index contributed by atoms with van der Waals surface area (Å²) in [6, 6.07) is 7.75. The van der Waals surface area contributed by atoms with Crippen LogP contribution in [0.15, 0.2) is 30.3 Å². The number of amides is 2. The van der Waals surface area contributed by atoms with E-state index in [1.54, 1.807) is 20.8 Å². The third-order valence-electron chi connectivity index (χ3n) is 3.15. The number of carbonyl (C=O) groups is 3. The number of hydrogen-bond acceptors (Lipinski definition) is 5. The maximum Gasteiger partial charge on any atom is 0.329 e. The Labute approximate surface area is 148 Å². The average molecular weight is 349 g/mol. The zero-order valence-electron chi connectivity index (χ0n) is 15.2. The number of benzene rings is 1. The van der Waals surface area contributed by atoms with Crippen molar-refractivity contribution in [2.45, 2.75) is 51.8 Å². The van der Waals surface area contributed by atoms with Gasteiger partial charge in [-0.1, -0.05) is 30.3 Å². The smallest absolute Gasteiger partial charge is 0.329 e. The zero-order chi connectivity index (χ0) is 19.0. The van der Waals surface area contributed by atoms with Crippen molar-refractivity contribution in [3.05, 3.63) is 35.9 Å². The molecule has 0 aliphatic carbocycles. The molecule has 25 heavy (non-hydrogen) atoms. The SMILES string of the molecule is C[C@@H](N)C(=O)NCC(=O)N[C@@H](Cc1ccccc1)C(=O)OC(C)(C)C. The minimum absolute atomic E-state index is 0.255. The van der Waals surface area contributed by atoms with Crippen molar-refractivity contribution in [3.63, 3.8) is 0 Å². The van der Waals surface area contributed by atoms with Gasteiger partial charge in [0, 0.05) is 6.42 Å². The first-order valence-corrected chi connectivity index (χ1v) is 8.18. The van der Waals surface area contributed by atoms with E-state index >= 15 is 0 Å². The standard InChI is InChI=1S/C18H27N3O4/c1-12(19)16(23)20-11-15(22)21-14(17(24)25-18(2,3)4)10-13-8-6-5-7-9-13/h5-9,12,14H,10-11,19H2,1-4H3,(H,20,23)(H,21,22)/t12-,14+/m1/s1. The van der Waals surface area contributed by atoms with Gasteiger partial charge in [0.25, 0.3) is 0 Å². The second kappa shape index (κ2) is 9.17. The molecule has 7 heteroatoms. The summed E-state index contributed by atoms with van der Waals surface area (Å²) < 4.78 is 5.38. The summed E-state index contributed by atoms with van der Waals surface area (Å²) in [7, 11) is 0. The van der Waals surface area contributed by atoms with Crippen molar-refractivity contribution >= 4 is 17.8 Å². The Bertz CT molecular complexity index is 594. The first kappa shape index (κ1) is 20.6. The summed E-state index contributed by atoms with van der Waals surface area (Å²) in [5, 5.41) is 5.02. The summed E-state index contributed by atoms with van der Waals surface area (Å²) in [4.78, 5) is 35.9. The Morgan fingerprint density at radius 3 is 2.28 bits per heavy atom. The number of hydrogen-bond donors (Lipinski definition) is 3. The molecule has 0 fully saturated rings. The van der Waals surface area contributed by atoms with Gasteiger partial charge in [0.1, 0.15) is 11.6 Å². The molecule has 0 aliphatic heterocycles. The predicted molar refractivity (Wildman–Crippen MR) is 94.6 cm³/mol. The normalized spacial score (nSPS) is 13.5. The van der Waals surface area contributed by atoms with E-state index in [4.69, 9.17) is 10.5 Å². The monoisotopic (exact) mass is 349 g/mol. The third kappa shape index (κ3) is 8.30. The molecular weight excluding hydrogens is 322 g/mol. The van der Waals surface area contributed by atoms with Crippen molar-refractivity contribution in [1.82, 2.24) is 10.6 Å². The van der Waals surface area contributed by atoms with Crippen LogP contribution in [0.1, 0.15) is 33.3 Å². The van der Waals surface area contributed by atoms with Gasteiger partial charge in [-0.2, -0.15) is 0 Å². The molecule has 7 nitrogen and oxygen atoms in total. The second-order valence-corrected chi connectivity index (χ2v) is 6.85. The van der Waals surface area contributed by atoms with Crippen molar-refractivity contribution in [1.29, 1.82) is 0 Å². The van der Waals surface area contributed by atoms with E-state index < -0.39 is 35.5 Å². The Balaban J connectivity index is 2.75. The van der Waals surface area contributed by atoms with Crippen LogP contribution in [0.2, 0.25) is 0 Å². The van der Waals surface area contributed by atoms with Crippen LogP contribution in [0.5, 0.6) is 0 Å². The van der Waals surface area contributed by atoms with Gasteiger partial charge in [-0.05, 0) is 33.3 Å². The van der Waals surface area contributed by atoms with E-state index in [1.807, 2.05) is 30.3 Å². The lowest BCUT2D eigenvalue weighted by Crippen LogP contribution is -2.50. The van der Waals surface area contributed by atoms with Crippen LogP contribution in [0.25, 0.3) is 0 Å². The first-order chi connectivity index (χ1) is 11.6. The molecular formula is C18H27N3O4. The molecule has 0 heterocycles. The van der Waals surface area contributed by atoms with Crippen molar-refractivity contribution in [3.8, 4) is 0 Å². The molecule has 1 aromatic carbocycles. The first-order valence-electron chi connectivity index (χ1n) is 8.18. The Hall–Kier alpha value is -2.41. The molecule has 0 spiro atoms. The molecule has 0 radical (unpaired) electrons. The highest BCUT2D eigenvalue weighted by Crippen LogP contribution is 2.11. The van der Waals surface area contributed by atoms with Crippen molar-refractivity contribution in [2.75, 3.05) is 6.54 Å². The number of carbonyl (C=O) groups excluding carboxylic acids is 3. The minimum atomic E-state index is -0.846. The van der Waals surface area contributed by atoms with Crippen LogP contribution in [-0.4, -0.2) is 42.0 Å². The van der Waals surface area contributed by atoms with E-state index in [0.717, 1.165) is 5.56 Å². The number of rotatable bonds is 7. The van der Waals surface area contributed by atoms with Gasteiger partial charge in [-0.15, -0.1) is 0 Å². The molecule has 138 valence electrons. The summed E-state index contributed by atoms with van der Waals surface area (Å²) in [5.74, 6) is -1.45. The number of ether oxygens (including phenoxy) is 1. The Morgan fingerprint density at radius 1 is 1.16 bits per heavy atom. The third-order valence-corrected chi connectivity index (χ3v) is 3.15. The zero-order valence-corrected chi connectivity index (χ0v) is 15.2. The maximum absolute atomic E-state index is 12.4. The Morgan fingerprint density at radius 2 is 1.76 bits per heavy atom. The Kier molecular flexibility index (Phi) is 7.57. The van der Waals surface area contributed by atoms with Gasteiger partial charge in [0.2, 0.25) is 11.8 Å². The van der Waals surface area contributed by atoms with E-state index in [9.17, 15) is 14.4 Å². The van der Waals surface area contributed by atoms with Gasteiger partial charge >= 0.3 is 5.97 Å². The number of nitrogens with one attached hydrogen (secondary N) is 2. The molecule has 1 aromatic rings. The molecule has 2 amide bonds. The molecule has 0 aromatic heterocycles. The van der Waals surface area contributed by atoms with E-state index in [1.165, 1.54) is 6.92 Å². The fraction of sp³-hybridized carbons (Fsp3) is 0.500. The van der Waals surface area contributed by atoms with Crippen LogP contribution < -0.4 is 16.4 Å². The minimum Gasteiger partial charge on any atom is -0.458 e. The van der Waals surface area contributed by atoms with Gasteiger partial charge < -0.3 is 21.1 Å². The molecule has 1 rings (SSSR count). The lowest BCUT2D eigenvalue weighted by atomic mass is 10.1. The predicted octanol–water partition coefficient (Wildman–Crippen LogP) is 0.519. The molecule has 0 saturated heterocycles. The van der Waals surface area contributed by atoms with Crippen molar-refractivity contribution in [2.24, 2.45) is 5.73 Å². The van der Waals surface area contributed by atoms with Crippen molar-refractivity contribution < 1.29 is 19.1 Å². The quantitative estimate of drug-likeness (QED) is 0.622. The molecule has 4 N–H and O–H groups in total. The topological polar surface area (TPSA) is 111 Å². The lowest BCUT2D eigenvalue weighted by molar-refractivity contribution is -0.158. The summed E-state index contributed by atoms with van der Waals surface area (Å²) in [6.45, 7) is 6.54. The van der Waals surface area contributed by atoms with Gasteiger partial charge in [0.15, 0.2) is 0 Å². The molecule has 0 saturated carbocycles. The largest absolute Gasteiger partial charge is 0.458 e. The highest BCUT2D eigenvalue weighted by atomic mass is 16.6. The van der Waals surface area contributed by atoms with Crippen LogP contribution in [0.4, 0.5) is 0 Å². The molecule has 2 atom stereocenters. The van der Waals surface area contributed by atoms with Crippen LogP contribution >= 0.6 is 0 Å². The summed E-state index contributed by atoms with van der Waals surface area (Å²) in [5.41, 5.74) is 5.65. The van der Waals surface area contributed by atoms with Crippen LogP contribution in [0.3, 0.4) is 0 Å². The fourth-order valence-corrected chi connectivity index (χ4v) is 1.99. The molecule has 0 bridgehead atoms. The fourth-order valence-electron chi connectivity index (χ4n) is 1.99. The van der Waals surface area contributed by atoms with Gasteiger partial charge in [-0.25, -0.2) is 4.79 Å². The molecule has 0 aliphatic rings. The highest BCUT2D eigenvalue weighted by molar-refractivity contribution is 5.89. The average Bonchev–Trinajstić information content (AvgIpc) is 2.51. The van der Waals surface area contributed by atoms with E-state index in [0.29, 0.717) is 6.42 Å². The number of nitrogens with two attached hydrogens (primary N) is 1. The van der Waals surface area contributed by atoms with Crippen LogP contribution in [-0.2, 0) is 25.5 Å². The van der Waals surface area contributed by atoms with E-state index in [-0.39, 0.29) is 6.54 Å². The summed E-state index contributed by atoms with van der Waals surface area (Å²) in [6.07, 6.45) is 0.294. The van der Waals surface area contributed by atoms with E-state index in [2.05, 4.69) is 10.6 Å². The summed E-state index contributed by atoms with van der Waals surface area (Å²) >= 11 is 0. The maximum atomic E-state index is 12.4. The lowest BCUT2D eigenvalue weighted by Gasteiger charge is -2.24. The number of esters is 1. The second-order valence-electron chi connectivity index (χ2n) is 6.85. The van der Waals surface area contributed by atoms with Gasteiger partial charge in [-0.3, -0.25) is 9.59 Å². The van der Waals surface area contributed by atoms with Crippen LogP contribution in [0, 0.1) is 0 Å².